The lowest BCUT2D eigenvalue weighted by Crippen LogP contribution is -2.27. The molecule has 1 unspecified atom stereocenters. The summed E-state index contributed by atoms with van der Waals surface area (Å²) in [6, 6.07) is 6.54. The predicted octanol–water partition coefficient (Wildman–Crippen LogP) is 2.31. The molecule has 0 saturated carbocycles. The number of nitro groups is 1. The van der Waals surface area contributed by atoms with E-state index in [-0.39, 0.29) is 31.1 Å². The Morgan fingerprint density at radius 3 is 2.92 bits per heavy atom. The highest BCUT2D eigenvalue weighted by molar-refractivity contribution is 5.97. The molecule has 130 valence electrons. The summed E-state index contributed by atoms with van der Waals surface area (Å²) in [5.41, 5.74) is -0.616. The standard InChI is InChI=1S/C16H14FN3O5/c17-13-4-3-11(7-14(13)20(23)24)18-16(22)10-6-15(21)19(8-10)9-12-2-1-5-25-12/h1-5,7,10H,6,8-9H2,(H,18,22). The Hall–Kier alpha value is -3.23. The van der Waals surface area contributed by atoms with Gasteiger partial charge in [0.25, 0.3) is 0 Å². The SMILES string of the molecule is O=C(Nc1ccc(F)c([N+](=O)[O-])c1)C1CC(=O)N(Cc2ccco2)C1. The van der Waals surface area contributed by atoms with E-state index in [2.05, 4.69) is 5.32 Å². The smallest absolute Gasteiger partial charge is 0.306 e. The van der Waals surface area contributed by atoms with Crippen molar-refractivity contribution in [1.82, 2.24) is 4.90 Å². The Labute approximate surface area is 141 Å². The second-order valence-corrected chi connectivity index (χ2v) is 5.67. The predicted molar refractivity (Wildman–Crippen MR) is 83.9 cm³/mol. The molecule has 2 aromatic rings. The number of carbonyl (C=O) groups is 2. The minimum atomic E-state index is -0.983. The number of carbonyl (C=O) groups excluding carboxylic acids is 2. The lowest BCUT2D eigenvalue weighted by atomic mass is 10.1. The van der Waals surface area contributed by atoms with Gasteiger partial charge in [-0.2, -0.15) is 4.39 Å². The van der Waals surface area contributed by atoms with Gasteiger partial charge in [0.1, 0.15) is 5.76 Å². The van der Waals surface area contributed by atoms with Crippen molar-refractivity contribution in [2.24, 2.45) is 5.92 Å². The molecular formula is C16H14FN3O5. The number of nitrogens with zero attached hydrogens (tertiary/aromatic N) is 2. The Morgan fingerprint density at radius 2 is 2.24 bits per heavy atom. The van der Waals surface area contributed by atoms with Crippen LogP contribution in [0.4, 0.5) is 15.8 Å². The average Bonchev–Trinajstić information content (AvgIpc) is 3.20. The van der Waals surface area contributed by atoms with Gasteiger partial charge in [0, 0.05) is 24.7 Å². The van der Waals surface area contributed by atoms with Crippen LogP contribution in [0.3, 0.4) is 0 Å². The number of nitrogens with one attached hydrogen (secondary N) is 1. The maximum Gasteiger partial charge on any atom is 0.306 e. The van der Waals surface area contributed by atoms with Gasteiger partial charge < -0.3 is 14.6 Å². The third-order valence-electron chi connectivity index (χ3n) is 3.92. The van der Waals surface area contributed by atoms with Crippen LogP contribution in [0, 0.1) is 21.8 Å². The van der Waals surface area contributed by atoms with Gasteiger partial charge in [-0.05, 0) is 24.3 Å². The van der Waals surface area contributed by atoms with Crippen molar-refractivity contribution in [1.29, 1.82) is 0 Å². The van der Waals surface area contributed by atoms with E-state index in [0.717, 1.165) is 12.1 Å². The van der Waals surface area contributed by atoms with Crippen molar-refractivity contribution >= 4 is 23.2 Å². The van der Waals surface area contributed by atoms with Crippen molar-refractivity contribution in [2.45, 2.75) is 13.0 Å². The molecule has 2 amide bonds. The molecule has 1 aromatic carbocycles. The van der Waals surface area contributed by atoms with Crippen LogP contribution >= 0.6 is 0 Å². The Balaban J connectivity index is 1.65. The van der Waals surface area contributed by atoms with Crippen molar-refractivity contribution in [2.75, 3.05) is 11.9 Å². The normalized spacial score (nSPS) is 16.9. The fraction of sp³-hybridized carbons (Fsp3) is 0.250. The number of anilines is 1. The molecule has 0 aliphatic carbocycles. The van der Waals surface area contributed by atoms with Gasteiger partial charge in [0.2, 0.25) is 17.6 Å². The fourth-order valence-electron chi connectivity index (χ4n) is 2.67. The minimum Gasteiger partial charge on any atom is -0.467 e. The number of rotatable bonds is 5. The maximum absolute atomic E-state index is 13.3. The second-order valence-electron chi connectivity index (χ2n) is 5.67. The van der Waals surface area contributed by atoms with Crippen molar-refractivity contribution in [3.05, 3.63) is 58.3 Å². The van der Waals surface area contributed by atoms with Gasteiger partial charge >= 0.3 is 5.69 Å². The van der Waals surface area contributed by atoms with Crippen molar-refractivity contribution < 1.29 is 23.3 Å². The molecule has 1 aliphatic rings. The number of halogens is 1. The van der Waals surface area contributed by atoms with Crippen LogP contribution in [0.25, 0.3) is 0 Å². The lowest BCUT2D eigenvalue weighted by molar-refractivity contribution is -0.387. The summed E-state index contributed by atoms with van der Waals surface area (Å²) in [5.74, 6) is -1.59. The highest BCUT2D eigenvalue weighted by Crippen LogP contribution is 2.25. The van der Waals surface area contributed by atoms with E-state index in [1.165, 1.54) is 17.2 Å². The summed E-state index contributed by atoms with van der Waals surface area (Å²) < 4.78 is 18.5. The number of hydrogen-bond acceptors (Lipinski definition) is 5. The molecule has 9 heteroatoms. The second kappa shape index (κ2) is 6.71. The van der Waals surface area contributed by atoms with Gasteiger partial charge in [-0.3, -0.25) is 19.7 Å². The van der Waals surface area contributed by atoms with Crippen LogP contribution in [-0.4, -0.2) is 28.2 Å². The summed E-state index contributed by atoms with van der Waals surface area (Å²) in [6.45, 7) is 0.492. The molecule has 0 bridgehead atoms. The molecule has 0 spiro atoms. The molecule has 0 radical (unpaired) electrons. The molecule has 25 heavy (non-hydrogen) atoms. The van der Waals surface area contributed by atoms with E-state index in [0.29, 0.717) is 5.76 Å². The third-order valence-corrected chi connectivity index (χ3v) is 3.92. The van der Waals surface area contributed by atoms with E-state index >= 15 is 0 Å². The zero-order valence-corrected chi connectivity index (χ0v) is 13.0. The van der Waals surface area contributed by atoms with E-state index in [1.807, 2.05) is 0 Å². The Kier molecular flexibility index (Phi) is 4.46. The topological polar surface area (TPSA) is 106 Å². The van der Waals surface area contributed by atoms with Gasteiger partial charge in [0.05, 0.1) is 23.6 Å². The maximum atomic E-state index is 13.3. The van der Waals surface area contributed by atoms with Gasteiger partial charge in [-0.15, -0.1) is 0 Å². The monoisotopic (exact) mass is 347 g/mol. The number of benzene rings is 1. The molecule has 1 N–H and O–H groups in total. The molecule has 1 atom stereocenters. The van der Waals surface area contributed by atoms with Gasteiger partial charge in [-0.25, -0.2) is 0 Å². The lowest BCUT2D eigenvalue weighted by Gasteiger charge is -2.15. The van der Waals surface area contributed by atoms with Crippen molar-refractivity contribution in [3.63, 3.8) is 0 Å². The first-order valence-corrected chi connectivity index (χ1v) is 7.49. The van der Waals surface area contributed by atoms with Crippen LogP contribution < -0.4 is 5.32 Å². The average molecular weight is 347 g/mol. The molecule has 1 aromatic heterocycles. The largest absolute Gasteiger partial charge is 0.467 e. The van der Waals surface area contributed by atoms with Crippen molar-refractivity contribution in [3.8, 4) is 0 Å². The third kappa shape index (κ3) is 3.65. The number of likely N-dealkylation sites (tertiary alicyclic amines) is 1. The molecule has 1 saturated heterocycles. The zero-order chi connectivity index (χ0) is 18.0. The summed E-state index contributed by atoms with van der Waals surface area (Å²) >= 11 is 0. The minimum absolute atomic E-state index is 0.0375. The summed E-state index contributed by atoms with van der Waals surface area (Å²) in [5, 5.41) is 13.2. The number of furan rings is 1. The fourth-order valence-corrected chi connectivity index (χ4v) is 2.67. The van der Waals surface area contributed by atoms with Crippen LogP contribution in [0.5, 0.6) is 0 Å². The van der Waals surface area contributed by atoms with Crippen LogP contribution in [0.1, 0.15) is 12.2 Å². The number of hydrogen-bond donors (Lipinski definition) is 1. The summed E-state index contributed by atoms with van der Waals surface area (Å²) in [4.78, 5) is 35.7. The van der Waals surface area contributed by atoms with E-state index in [9.17, 15) is 24.1 Å². The quantitative estimate of drug-likeness (QED) is 0.660. The van der Waals surface area contributed by atoms with Gasteiger partial charge in [0.15, 0.2) is 0 Å². The number of nitro benzene ring substituents is 1. The molecule has 8 nitrogen and oxygen atoms in total. The molecule has 1 fully saturated rings. The number of amides is 2. The Bertz CT molecular complexity index is 821. The first kappa shape index (κ1) is 16.6. The zero-order valence-electron chi connectivity index (χ0n) is 13.0. The van der Waals surface area contributed by atoms with E-state index in [1.54, 1.807) is 12.1 Å². The summed E-state index contributed by atoms with van der Waals surface area (Å²) in [7, 11) is 0. The molecule has 2 heterocycles. The highest BCUT2D eigenvalue weighted by Gasteiger charge is 2.34. The molecule has 3 rings (SSSR count). The molecular weight excluding hydrogens is 333 g/mol. The highest BCUT2D eigenvalue weighted by atomic mass is 19.1. The van der Waals surface area contributed by atoms with Gasteiger partial charge in [-0.1, -0.05) is 0 Å². The van der Waals surface area contributed by atoms with Crippen LogP contribution in [0.15, 0.2) is 41.0 Å². The van der Waals surface area contributed by atoms with Crippen LogP contribution in [0.2, 0.25) is 0 Å². The summed E-state index contributed by atoms with van der Waals surface area (Å²) in [6.07, 6.45) is 1.54. The molecule has 1 aliphatic heterocycles. The van der Waals surface area contributed by atoms with E-state index < -0.39 is 28.3 Å². The first-order chi connectivity index (χ1) is 11.9. The Morgan fingerprint density at radius 1 is 1.44 bits per heavy atom. The van der Waals surface area contributed by atoms with Crippen LogP contribution in [-0.2, 0) is 16.1 Å². The first-order valence-electron chi connectivity index (χ1n) is 7.49. The van der Waals surface area contributed by atoms with E-state index in [4.69, 9.17) is 4.42 Å².